The average molecular weight is 496 g/mol. The Kier molecular flexibility index (Phi) is 9.92. The lowest BCUT2D eigenvalue weighted by Gasteiger charge is -2.11. The molecule has 30 heavy (non-hydrogen) atoms. The summed E-state index contributed by atoms with van der Waals surface area (Å²) >= 11 is 0. The molecule has 0 unspecified atom stereocenters. The van der Waals surface area contributed by atoms with E-state index in [-0.39, 0.29) is 50.6 Å². The van der Waals surface area contributed by atoms with E-state index in [4.69, 9.17) is 9.11 Å². The Hall–Kier alpha value is -1.98. The molecule has 1 heterocycles. The molecule has 0 aliphatic rings. The Labute approximate surface area is 172 Å². The van der Waals surface area contributed by atoms with Crippen molar-refractivity contribution >= 4 is 48.6 Å². The van der Waals surface area contributed by atoms with Gasteiger partial charge in [0.05, 0.1) is 5.75 Å². The first kappa shape index (κ1) is 26.1. The topological polar surface area (TPSA) is 277 Å². The highest BCUT2D eigenvalue weighted by atomic mass is 32.2. The number of hydrogen-bond acceptors (Lipinski definition) is 14. The molecule has 18 nitrogen and oxygen atoms in total. The molecule has 0 spiro atoms. The summed E-state index contributed by atoms with van der Waals surface area (Å²) in [6.45, 7) is -0.678. The first-order valence-corrected chi connectivity index (χ1v) is 12.3. The van der Waals surface area contributed by atoms with E-state index in [1.807, 2.05) is 9.44 Å². The van der Waals surface area contributed by atoms with Crippen LogP contribution in [0.5, 0.6) is 0 Å². The van der Waals surface area contributed by atoms with Crippen LogP contribution in [0.2, 0.25) is 0 Å². The summed E-state index contributed by atoms with van der Waals surface area (Å²) in [5.74, 6) is 3.90. The Morgan fingerprint density at radius 1 is 0.700 bits per heavy atom. The van der Waals surface area contributed by atoms with Crippen LogP contribution in [0.15, 0.2) is 0 Å². The van der Waals surface area contributed by atoms with Crippen LogP contribution >= 0.6 is 0 Å². The summed E-state index contributed by atoms with van der Waals surface area (Å²) in [4.78, 5) is 11.8. The van der Waals surface area contributed by atoms with E-state index in [0.29, 0.717) is 0 Å². The minimum Gasteiger partial charge on any atom is -0.353 e. The van der Waals surface area contributed by atoms with Crippen LogP contribution in [0.4, 0.5) is 17.8 Å². The largest absolute Gasteiger partial charge is 0.353 e. The number of nitrogens with two attached hydrogens (primary N) is 1. The second-order valence-electron chi connectivity index (χ2n) is 5.18. The Morgan fingerprint density at radius 2 is 1.07 bits per heavy atom. The first-order valence-electron chi connectivity index (χ1n) is 7.82. The fourth-order valence-electron chi connectivity index (χ4n) is 1.66. The molecule has 1 aromatic heterocycles. The fourth-order valence-corrected chi connectivity index (χ4v) is 2.83. The fraction of sp³-hybridized carbons (Fsp3) is 0.667. The first-order chi connectivity index (χ1) is 13.8. The van der Waals surface area contributed by atoms with Crippen molar-refractivity contribution in [2.45, 2.75) is 0 Å². The average Bonchev–Trinajstić information content (AvgIpc) is 2.61. The van der Waals surface area contributed by atoms with Crippen LogP contribution in [-0.4, -0.2) is 87.8 Å². The molecule has 9 N–H and O–H groups in total. The van der Waals surface area contributed by atoms with Gasteiger partial charge in [-0.25, -0.2) is 0 Å². The molecule has 0 atom stereocenters. The van der Waals surface area contributed by atoms with Crippen molar-refractivity contribution in [3.8, 4) is 0 Å². The van der Waals surface area contributed by atoms with E-state index in [0.717, 1.165) is 0 Å². The Bertz CT molecular complexity index is 941. The SMILES string of the molecule is NOS(=O)(=O)CCNc1nc(NCCNS(=O)(=O)O)nc(NCCNS(=O)(=O)O)n1. The van der Waals surface area contributed by atoms with E-state index in [9.17, 15) is 25.3 Å². The maximum absolute atomic E-state index is 11.2. The van der Waals surface area contributed by atoms with Gasteiger partial charge in [-0.2, -0.15) is 59.8 Å². The third kappa shape index (κ3) is 12.6. The molecular formula is C9H21N9O9S3. The third-order valence-electron chi connectivity index (χ3n) is 2.80. The highest BCUT2D eigenvalue weighted by Gasteiger charge is 2.11. The lowest BCUT2D eigenvalue weighted by atomic mass is 10.6. The van der Waals surface area contributed by atoms with Crippen molar-refractivity contribution in [3.05, 3.63) is 0 Å². The summed E-state index contributed by atoms with van der Waals surface area (Å²) in [5, 5.41) is 7.86. The summed E-state index contributed by atoms with van der Waals surface area (Å²) in [7, 11) is -12.7. The maximum atomic E-state index is 11.2. The van der Waals surface area contributed by atoms with Gasteiger partial charge in [-0.3, -0.25) is 9.11 Å². The maximum Gasteiger partial charge on any atom is 0.333 e. The second kappa shape index (κ2) is 11.4. The third-order valence-corrected chi connectivity index (χ3v) is 4.94. The van der Waals surface area contributed by atoms with Gasteiger partial charge in [0.1, 0.15) is 0 Å². The number of nitrogens with zero attached hydrogens (tertiary/aromatic N) is 3. The second-order valence-corrected chi connectivity index (χ2v) is 9.38. The van der Waals surface area contributed by atoms with Gasteiger partial charge in [0.25, 0.3) is 10.1 Å². The van der Waals surface area contributed by atoms with E-state index in [1.165, 1.54) is 0 Å². The molecule has 0 amide bonds. The Morgan fingerprint density at radius 3 is 1.40 bits per heavy atom. The number of rotatable bonds is 15. The van der Waals surface area contributed by atoms with Crippen LogP contribution in [0.3, 0.4) is 0 Å². The molecule has 0 aliphatic heterocycles. The number of anilines is 3. The summed E-state index contributed by atoms with van der Waals surface area (Å²) in [6.07, 6.45) is 0. The van der Waals surface area contributed by atoms with Crippen molar-refractivity contribution in [1.29, 1.82) is 0 Å². The smallest absolute Gasteiger partial charge is 0.333 e. The van der Waals surface area contributed by atoms with E-state index in [2.05, 4.69) is 41.1 Å². The predicted molar refractivity (Wildman–Crippen MR) is 103 cm³/mol. The lowest BCUT2D eigenvalue weighted by Crippen LogP contribution is -2.29. The molecule has 0 bridgehead atoms. The van der Waals surface area contributed by atoms with Crippen molar-refractivity contribution in [3.63, 3.8) is 0 Å². The number of aromatic nitrogens is 3. The van der Waals surface area contributed by atoms with Gasteiger partial charge in [0, 0.05) is 32.7 Å². The highest BCUT2D eigenvalue weighted by Crippen LogP contribution is 2.09. The molecule has 1 rings (SSSR count). The molecule has 21 heteroatoms. The molecule has 174 valence electrons. The normalized spacial score (nSPS) is 12.5. The van der Waals surface area contributed by atoms with Gasteiger partial charge in [0.15, 0.2) is 0 Å². The molecule has 0 fully saturated rings. The molecule has 0 aromatic carbocycles. The standard InChI is InChI=1S/C9H21N9O9S3/c10-27-28(19,20)6-5-13-9-17-7(11-1-3-14-29(21,22)23)16-8(18-9)12-2-4-15-30(24,25)26/h14-15H,1-6,10H2,(H,21,22,23)(H,24,25,26)(H3,11,12,13,16,17,18). The number of nitrogens with one attached hydrogen (secondary N) is 5. The highest BCUT2D eigenvalue weighted by molar-refractivity contribution is 7.86. The predicted octanol–water partition coefficient (Wildman–Crippen LogP) is -3.89. The van der Waals surface area contributed by atoms with E-state index < -0.39 is 36.5 Å². The zero-order valence-corrected chi connectivity index (χ0v) is 17.6. The van der Waals surface area contributed by atoms with Gasteiger partial charge >= 0.3 is 20.6 Å². The van der Waals surface area contributed by atoms with E-state index >= 15 is 0 Å². The van der Waals surface area contributed by atoms with Gasteiger partial charge in [-0.15, -0.1) is 0 Å². The van der Waals surface area contributed by atoms with Crippen LogP contribution in [0.1, 0.15) is 0 Å². The van der Waals surface area contributed by atoms with Crippen LogP contribution in [0, 0.1) is 0 Å². The zero-order chi connectivity index (χ0) is 22.8. The van der Waals surface area contributed by atoms with Crippen molar-refractivity contribution < 1.29 is 38.6 Å². The summed E-state index contributed by atoms with van der Waals surface area (Å²) < 4.78 is 89.5. The van der Waals surface area contributed by atoms with Crippen molar-refractivity contribution in [1.82, 2.24) is 24.4 Å². The van der Waals surface area contributed by atoms with Gasteiger partial charge < -0.3 is 16.0 Å². The molecule has 0 aliphatic carbocycles. The van der Waals surface area contributed by atoms with Crippen molar-refractivity contribution in [2.24, 2.45) is 5.90 Å². The summed E-state index contributed by atoms with van der Waals surface area (Å²) in [5.41, 5.74) is 0. The zero-order valence-electron chi connectivity index (χ0n) is 15.1. The summed E-state index contributed by atoms with van der Waals surface area (Å²) in [6, 6.07) is 0. The van der Waals surface area contributed by atoms with Gasteiger partial charge in [-0.1, -0.05) is 0 Å². The van der Waals surface area contributed by atoms with Crippen LogP contribution in [0.25, 0.3) is 0 Å². The Balaban J connectivity index is 2.78. The molecule has 1 aromatic rings. The van der Waals surface area contributed by atoms with Gasteiger partial charge in [-0.05, 0) is 0 Å². The van der Waals surface area contributed by atoms with Gasteiger partial charge in [0.2, 0.25) is 17.8 Å². The molecule has 0 radical (unpaired) electrons. The molecule has 0 saturated carbocycles. The number of hydrogen-bond donors (Lipinski definition) is 8. The quantitative estimate of drug-likeness (QED) is 0.0655. The van der Waals surface area contributed by atoms with Crippen molar-refractivity contribution in [2.75, 3.05) is 54.4 Å². The minimum absolute atomic E-state index is 0.0393. The minimum atomic E-state index is -4.37. The monoisotopic (exact) mass is 495 g/mol. The molecular weight excluding hydrogens is 474 g/mol. The lowest BCUT2D eigenvalue weighted by molar-refractivity contribution is 0.333. The van der Waals surface area contributed by atoms with Crippen LogP contribution in [-0.2, 0) is 35.0 Å². The van der Waals surface area contributed by atoms with E-state index in [1.54, 1.807) is 0 Å². The van der Waals surface area contributed by atoms with Crippen LogP contribution < -0.4 is 31.3 Å². The molecule has 0 saturated heterocycles.